The van der Waals surface area contributed by atoms with Gasteiger partial charge in [-0.3, -0.25) is 41.8 Å². The average Bonchev–Trinajstić information content (AvgIpc) is 3.91. The van der Waals surface area contributed by atoms with E-state index in [4.69, 9.17) is 11.5 Å². The summed E-state index contributed by atoms with van der Waals surface area (Å²) in [5, 5.41) is 0. The van der Waals surface area contributed by atoms with Gasteiger partial charge in [0.1, 0.15) is 11.0 Å². The molecule has 0 unspecified atom stereocenters. The van der Waals surface area contributed by atoms with Crippen LogP contribution in [-0.4, -0.2) is 94.5 Å². The Hall–Kier alpha value is -5.67. The van der Waals surface area contributed by atoms with Crippen LogP contribution in [0.1, 0.15) is 13.8 Å². The molecule has 50 heavy (non-hydrogen) atoms. The molecule has 0 amide bonds. The van der Waals surface area contributed by atoms with Crippen molar-refractivity contribution in [3.05, 3.63) is 81.5 Å². The Morgan fingerprint density at radius 3 is 1.40 bits per heavy atom. The minimum Gasteiger partial charge on any atom is -0.339 e. The van der Waals surface area contributed by atoms with E-state index in [1.54, 1.807) is 27.5 Å². The normalized spacial score (nSPS) is 10.9. The van der Waals surface area contributed by atoms with Gasteiger partial charge < -0.3 is 30.9 Å². The second-order valence-electron chi connectivity index (χ2n) is 11.0. The predicted molar refractivity (Wildman–Crippen MR) is 189 cm³/mol. The quantitative estimate of drug-likeness (QED) is 0.133. The maximum absolute atomic E-state index is 12.2. The molecule has 0 atom stereocenters. The van der Waals surface area contributed by atoms with Gasteiger partial charge in [-0.2, -0.15) is 0 Å². The standard InChI is InChI=1S/C13H21N5O2.2C7H8N4O2.C2H8N2/c1-5-17(6-2)7-8-18-9-14-11-10(18)12(19)16(4)13(20)15(11)3;2*1-10-5-4(8-3-9-5)6(12)11(2)7(10)13;3-1-2-4/h9H,5-8H2,1-4H3;2*3H,1-2H3,(H,8,9);1-4H2. The summed E-state index contributed by atoms with van der Waals surface area (Å²) in [5.41, 5.74) is 10.1. The van der Waals surface area contributed by atoms with Crippen molar-refractivity contribution < 1.29 is 0 Å². The number of H-pyrrole nitrogens is 2. The van der Waals surface area contributed by atoms with Crippen molar-refractivity contribution in [1.29, 1.82) is 0 Å². The summed E-state index contributed by atoms with van der Waals surface area (Å²) >= 11 is 0. The van der Waals surface area contributed by atoms with Gasteiger partial charge in [0.05, 0.1) is 19.0 Å². The third-order valence-electron chi connectivity index (χ3n) is 7.99. The first kappa shape index (κ1) is 38.8. The monoisotopic (exact) mass is 699 g/mol. The zero-order chi connectivity index (χ0) is 37.4. The number of likely N-dealkylation sites (N-methyl/N-ethyl adjacent to an activating group) is 1. The highest BCUT2D eigenvalue weighted by Crippen LogP contribution is 2.05. The van der Waals surface area contributed by atoms with E-state index in [-0.39, 0.29) is 33.7 Å². The van der Waals surface area contributed by atoms with Crippen molar-refractivity contribution in [2.75, 3.05) is 32.7 Å². The Labute approximate surface area is 283 Å². The Kier molecular flexibility index (Phi) is 12.9. The largest absolute Gasteiger partial charge is 0.339 e. The summed E-state index contributed by atoms with van der Waals surface area (Å²) in [6, 6.07) is 0. The molecule has 6 aromatic rings. The molecule has 0 aromatic carbocycles. The number of hydrogen-bond donors (Lipinski definition) is 4. The van der Waals surface area contributed by atoms with Gasteiger partial charge in [0.15, 0.2) is 22.5 Å². The molecule has 0 aliphatic rings. The molecule has 0 fully saturated rings. The number of aryl methyl sites for hydroxylation is 3. The van der Waals surface area contributed by atoms with Crippen molar-refractivity contribution in [1.82, 2.24) is 61.8 Å². The fourth-order valence-corrected chi connectivity index (χ4v) is 4.89. The third-order valence-corrected chi connectivity index (χ3v) is 7.99. The average molecular weight is 700 g/mol. The number of nitrogens with two attached hydrogens (primary N) is 2. The van der Waals surface area contributed by atoms with E-state index < -0.39 is 0 Å². The van der Waals surface area contributed by atoms with Crippen molar-refractivity contribution in [2.45, 2.75) is 20.4 Å². The second-order valence-corrected chi connectivity index (χ2v) is 11.0. The van der Waals surface area contributed by atoms with Crippen LogP contribution in [0, 0.1) is 0 Å². The first-order valence-electron chi connectivity index (χ1n) is 15.6. The number of fused-ring (bicyclic) bond motifs is 3. The molecular formula is C29H45N15O6. The number of rotatable bonds is 6. The highest BCUT2D eigenvalue weighted by molar-refractivity contribution is 5.70. The van der Waals surface area contributed by atoms with Crippen LogP contribution < -0.4 is 45.2 Å². The zero-order valence-corrected chi connectivity index (χ0v) is 29.5. The number of nitrogens with one attached hydrogen (secondary N) is 2. The summed E-state index contributed by atoms with van der Waals surface area (Å²) in [6.07, 6.45) is 4.42. The number of hydrogen-bond acceptors (Lipinski definition) is 12. The summed E-state index contributed by atoms with van der Waals surface area (Å²) in [4.78, 5) is 89.3. The van der Waals surface area contributed by atoms with E-state index in [9.17, 15) is 28.8 Å². The van der Waals surface area contributed by atoms with Crippen LogP contribution in [0.15, 0.2) is 47.7 Å². The Morgan fingerprint density at radius 1 is 0.600 bits per heavy atom. The van der Waals surface area contributed by atoms with Gasteiger partial charge in [0.25, 0.3) is 16.7 Å². The van der Waals surface area contributed by atoms with Crippen molar-refractivity contribution in [3.63, 3.8) is 0 Å². The lowest BCUT2D eigenvalue weighted by molar-refractivity contribution is 0.292. The Bertz CT molecular complexity index is 2340. The summed E-state index contributed by atoms with van der Waals surface area (Å²) < 4.78 is 9.10. The van der Waals surface area contributed by atoms with Crippen LogP contribution >= 0.6 is 0 Å². The SMILES string of the molecule is CCN(CC)CCn1cnc2c1c(=O)n(C)c(=O)n2C.Cn1c(=O)c2[nH]cnc2n(C)c1=O.Cn1c(=O)c2[nH]cnc2n(C)c1=O.NCCN. The number of nitrogens with zero attached hydrogens (tertiary/aromatic N) is 11. The van der Waals surface area contributed by atoms with E-state index in [1.165, 1.54) is 47.5 Å². The molecule has 6 rings (SSSR count). The third kappa shape index (κ3) is 7.63. The topological polar surface area (TPSA) is 262 Å². The van der Waals surface area contributed by atoms with Gasteiger partial charge in [-0.1, -0.05) is 13.8 Å². The minimum absolute atomic E-state index is 0.292. The first-order valence-corrected chi connectivity index (χ1v) is 15.6. The van der Waals surface area contributed by atoms with Crippen LogP contribution in [0.4, 0.5) is 0 Å². The van der Waals surface area contributed by atoms with E-state index in [1.807, 2.05) is 4.57 Å². The van der Waals surface area contributed by atoms with Crippen molar-refractivity contribution in [2.24, 2.45) is 53.8 Å². The molecule has 0 aliphatic heterocycles. The maximum Gasteiger partial charge on any atom is 0.332 e. The lowest BCUT2D eigenvalue weighted by atomic mass is 10.4. The van der Waals surface area contributed by atoms with Crippen LogP contribution in [0.3, 0.4) is 0 Å². The summed E-state index contributed by atoms with van der Waals surface area (Å²) in [6.45, 7) is 8.89. The first-order chi connectivity index (χ1) is 23.7. The number of aromatic amines is 2. The van der Waals surface area contributed by atoms with Gasteiger partial charge in [0, 0.05) is 68.5 Å². The highest BCUT2D eigenvalue weighted by Gasteiger charge is 2.14. The molecule has 21 nitrogen and oxygen atoms in total. The fourth-order valence-electron chi connectivity index (χ4n) is 4.89. The van der Waals surface area contributed by atoms with Crippen LogP contribution in [0.5, 0.6) is 0 Å². The molecule has 0 saturated carbocycles. The summed E-state index contributed by atoms with van der Waals surface area (Å²) in [7, 11) is 9.14. The lowest BCUT2D eigenvalue weighted by Gasteiger charge is -2.18. The van der Waals surface area contributed by atoms with Crippen LogP contribution in [-0.2, 0) is 48.8 Å². The minimum atomic E-state index is -0.371. The zero-order valence-electron chi connectivity index (χ0n) is 29.5. The molecule has 0 bridgehead atoms. The van der Waals surface area contributed by atoms with Gasteiger partial charge in [-0.25, -0.2) is 29.3 Å². The van der Waals surface area contributed by atoms with E-state index in [0.29, 0.717) is 53.1 Å². The van der Waals surface area contributed by atoms with Gasteiger partial charge >= 0.3 is 17.1 Å². The van der Waals surface area contributed by atoms with Crippen LogP contribution in [0.25, 0.3) is 33.5 Å². The Balaban J connectivity index is 0.000000198. The highest BCUT2D eigenvalue weighted by atomic mass is 16.2. The molecule has 6 N–H and O–H groups in total. The van der Waals surface area contributed by atoms with Gasteiger partial charge in [0.2, 0.25) is 0 Å². The number of imidazole rings is 3. The molecule has 0 spiro atoms. The van der Waals surface area contributed by atoms with Gasteiger partial charge in [-0.15, -0.1) is 0 Å². The fraction of sp³-hybridized carbons (Fsp3) is 0.483. The predicted octanol–water partition coefficient (Wildman–Crippen LogP) is -3.40. The molecule has 0 saturated heterocycles. The molecule has 6 aromatic heterocycles. The van der Waals surface area contributed by atoms with E-state index in [2.05, 4.69) is 43.7 Å². The smallest absolute Gasteiger partial charge is 0.332 e. The number of aromatic nitrogens is 12. The molecular weight excluding hydrogens is 654 g/mol. The maximum atomic E-state index is 12.2. The van der Waals surface area contributed by atoms with E-state index >= 15 is 0 Å². The lowest BCUT2D eigenvalue weighted by Crippen LogP contribution is -2.38. The molecule has 0 aliphatic carbocycles. The summed E-state index contributed by atoms with van der Waals surface area (Å²) in [5.74, 6) is 0. The van der Waals surface area contributed by atoms with Crippen molar-refractivity contribution in [3.8, 4) is 0 Å². The molecule has 21 heteroatoms. The van der Waals surface area contributed by atoms with Gasteiger partial charge in [-0.05, 0) is 13.1 Å². The Morgan fingerprint density at radius 2 is 1.00 bits per heavy atom. The molecule has 272 valence electrons. The van der Waals surface area contributed by atoms with Crippen LogP contribution in [0.2, 0.25) is 0 Å². The van der Waals surface area contributed by atoms with E-state index in [0.717, 1.165) is 33.3 Å². The molecule has 6 heterocycles. The second kappa shape index (κ2) is 16.6. The van der Waals surface area contributed by atoms with Crippen molar-refractivity contribution >= 4 is 33.5 Å². The molecule has 0 radical (unpaired) electrons.